The number of rotatable bonds is 9. The fourth-order valence-electron chi connectivity index (χ4n) is 3.62. The van der Waals surface area contributed by atoms with Crippen LogP contribution in [0.5, 0.6) is 5.75 Å². The van der Waals surface area contributed by atoms with Gasteiger partial charge in [0.15, 0.2) is 0 Å². The Balaban J connectivity index is 2.70. The number of unbranched alkanes of at least 4 members (excludes halogenated alkanes) is 2. The molecule has 2 N–H and O–H groups in total. The van der Waals surface area contributed by atoms with Gasteiger partial charge in [0, 0.05) is 23.5 Å². The summed E-state index contributed by atoms with van der Waals surface area (Å²) in [4.78, 5) is 12.3. The van der Waals surface area contributed by atoms with Crippen molar-refractivity contribution in [2.45, 2.75) is 53.0 Å². The van der Waals surface area contributed by atoms with Crippen molar-refractivity contribution in [3.63, 3.8) is 0 Å². The number of ether oxygens (including phenoxy) is 1. The molecule has 4 nitrogen and oxygen atoms in total. The number of primary amides is 1. The van der Waals surface area contributed by atoms with Crippen LogP contribution < -0.4 is 10.5 Å². The van der Waals surface area contributed by atoms with Gasteiger partial charge < -0.3 is 15.0 Å². The molecule has 0 saturated carbocycles. The van der Waals surface area contributed by atoms with Crippen LogP contribution in [-0.2, 0) is 13.0 Å². The number of aryl methyl sites for hydroxylation is 1. The van der Waals surface area contributed by atoms with Gasteiger partial charge in [-0.2, -0.15) is 0 Å². The predicted octanol–water partition coefficient (Wildman–Crippen LogP) is 4.80. The molecule has 1 amide bonds. The van der Waals surface area contributed by atoms with E-state index in [1.54, 1.807) is 7.11 Å². The first-order chi connectivity index (χ1) is 12.5. The van der Waals surface area contributed by atoms with Gasteiger partial charge in [0.2, 0.25) is 0 Å². The Morgan fingerprint density at radius 1 is 1.31 bits per heavy atom. The number of carbonyl (C=O) groups excluding carboxylic acids is 1. The Labute approximate surface area is 156 Å². The van der Waals surface area contributed by atoms with Crippen LogP contribution >= 0.6 is 0 Å². The van der Waals surface area contributed by atoms with Gasteiger partial charge in [-0.25, -0.2) is 0 Å². The molecule has 0 saturated heterocycles. The van der Waals surface area contributed by atoms with Gasteiger partial charge in [-0.3, -0.25) is 4.79 Å². The smallest absolute Gasteiger partial charge is 0.251 e. The quantitative estimate of drug-likeness (QED) is 0.519. The zero-order valence-electron chi connectivity index (χ0n) is 16.4. The van der Waals surface area contributed by atoms with Crippen molar-refractivity contribution in [3.05, 3.63) is 53.4 Å². The number of amides is 1. The Morgan fingerprint density at radius 2 is 2.04 bits per heavy atom. The molecule has 0 aliphatic rings. The molecule has 2 aromatic rings. The number of carbonyl (C=O) groups is 1. The number of nitrogens with two attached hydrogens (primary N) is 1. The van der Waals surface area contributed by atoms with Gasteiger partial charge in [0.05, 0.1) is 12.7 Å². The molecule has 140 valence electrons. The van der Waals surface area contributed by atoms with Crippen LogP contribution in [0.2, 0.25) is 0 Å². The molecule has 0 radical (unpaired) electrons. The largest absolute Gasteiger partial charge is 0.496 e. The minimum atomic E-state index is -0.384. The second kappa shape index (κ2) is 8.75. The molecule has 1 aromatic carbocycles. The van der Waals surface area contributed by atoms with Crippen molar-refractivity contribution in [2.75, 3.05) is 7.11 Å². The van der Waals surface area contributed by atoms with Gasteiger partial charge in [0.25, 0.3) is 5.91 Å². The molecular weight excluding hydrogens is 324 g/mol. The third kappa shape index (κ3) is 3.85. The van der Waals surface area contributed by atoms with Gasteiger partial charge in [0.1, 0.15) is 5.75 Å². The monoisotopic (exact) mass is 354 g/mol. The number of aromatic nitrogens is 1. The Morgan fingerprint density at radius 3 is 2.58 bits per heavy atom. The highest BCUT2D eigenvalue weighted by atomic mass is 16.5. The standard InChI is InChI=1S/C22H30N2O2/c1-6-8-9-10-18-21(17-11-12-19(26-5)15(3)14-17)20(22(23)25)16(4)24(18)13-7-2/h7,11-12,14H,2,6,8-10,13H2,1,3-5H3,(H2,23,25). The number of methoxy groups -OCH3 is 1. The predicted molar refractivity (Wildman–Crippen MR) is 108 cm³/mol. The lowest BCUT2D eigenvalue weighted by atomic mass is 9.96. The lowest BCUT2D eigenvalue weighted by Gasteiger charge is -2.13. The molecule has 1 heterocycles. The van der Waals surface area contributed by atoms with Crippen molar-refractivity contribution in [3.8, 4) is 16.9 Å². The highest BCUT2D eigenvalue weighted by molar-refractivity contribution is 6.02. The molecule has 0 spiro atoms. The van der Waals surface area contributed by atoms with Crippen LogP contribution in [-0.4, -0.2) is 17.6 Å². The first kappa shape index (κ1) is 19.8. The molecular formula is C22H30N2O2. The third-order valence-corrected chi connectivity index (χ3v) is 4.89. The van der Waals surface area contributed by atoms with Crippen LogP contribution in [0.1, 0.15) is 53.5 Å². The minimum absolute atomic E-state index is 0.384. The van der Waals surface area contributed by atoms with Gasteiger partial charge in [-0.15, -0.1) is 6.58 Å². The Bertz CT molecular complexity index is 803. The highest BCUT2D eigenvalue weighted by Crippen LogP contribution is 2.36. The molecule has 4 heteroatoms. The second-order valence-electron chi connectivity index (χ2n) is 6.69. The van der Waals surface area contributed by atoms with E-state index in [0.29, 0.717) is 12.1 Å². The van der Waals surface area contributed by atoms with E-state index >= 15 is 0 Å². The Kier molecular flexibility index (Phi) is 6.67. The third-order valence-electron chi connectivity index (χ3n) is 4.89. The van der Waals surface area contributed by atoms with Gasteiger partial charge in [-0.1, -0.05) is 31.9 Å². The van der Waals surface area contributed by atoms with Crippen molar-refractivity contribution in [1.82, 2.24) is 4.57 Å². The van der Waals surface area contributed by atoms with Crippen molar-refractivity contribution < 1.29 is 9.53 Å². The molecule has 0 aliphatic heterocycles. The summed E-state index contributed by atoms with van der Waals surface area (Å²) in [6, 6.07) is 6.03. The molecule has 0 fully saturated rings. The van der Waals surface area contributed by atoms with Crippen molar-refractivity contribution in [1.29, 1.82) is 0 Å². The van der Waals surface area contributed by atoms with Crippen LogP contribution in [0.15, 0.2) is 30.9 Å². The first-order valence-electron chi connectivity index (χ1n) is 9.23. The van der Waals surface area contributed by atoms with E-state index in [2.05, 4.69) is 24.1 Å². The summed E-state index contributed by atoms with van der Waals surface area (Å²) in [5, 5.41) is 0. The number of nitrogens with zero attached hydrogens (tertiary/aromatic N) is 1. The van der Waals surface area contributed by atoms with Gasteiger partial charge in [-0.05, 0) is 49.9 Å². The summed E-state index contributed by atoms with van der Waals surface area (Å²) >= 11 is 0. The molecule has 0 unspecified atom stereocenters. The normalized spacial score (nSPS) is 10.8. The van der Waals surface area contributed by atoms with Crippen LogP contribution in [0.4, 0.5) is 0 Å². The van der Waals surface area contributed by atoms with E-state index in [0.717, 1.165) is 59.5 Å². The molecule has 0 aliphatic carbocycles. The number of hydrogen-bond donors (Lipinski definition) is 1. The molecule has 0 bridgehead atoms. The van der Waals surface area contributed by atoms with E-state index in [4.69, 9.17) is 10.5 Å². The van der Waals surface area contributed by atoms with Crippen LogP contribution in [0.3, 0.4) is 0 Å². The molecule has 2 rings (SSSR count). The second-order valence-corrected chi connectivity index (χ2v) is 6.69. The van der Waals surface area contributed by atoms with E-state index in [9.17, 15) is 4.79 Å². The lowest BCUT2D eigenvalue weighted by molar-refractivity contribution is 0.1000. The van der Waals surface area contributed by atoms with Crippen LogP contribution in [0, 0.1) is 13.8 Å². The summed E-state index contributed by atoms with van der Waals surface area (Å²) in [5.41, 5.74) is 11.5. The van der Waals surface area contributed by atoms with E-state index < -0.39 is 0 Å². The number of allylic oxidation sites excluding steroid dienone is 1. The molecule has 26 heavy (non-hydrogen) atoms. The van der Waals surface area contributed by atoms with E-state index in [-0.39, 0.29) is 5.91 Å². The average molecular weight is 354 g/mol. The first-order valence-corrected chi connectivity index (χ1v) is 9.23. The topological polar surface area (TPSA) is 57.2 Å². The van der Waals surface area contributed by atoms with E-state index in [1.807, 2.05) is 32.1 Å². The molecule has 0 atom stereocenters. The summed E-state index contributed by atoms with van der Waals surface area (Å²) in [5.74, 6) is 0.453. The van der Waals surface area contributed by atoms with E-state index in [1.165, 1.54) is 0 Å². The SMILES string of the molecule is C=CCn1c(C)c(C(N)=O)c(-c2ccc(OC)c(C)c2)c1CCCCC. The maximum Gasteiger partial charge on any atom is 0.251 e. The van der Waals surface area contributed by atoms with Gasteiger partial charge >= 0.3 is 0 Å². The fourth-order valence-corrected chi connectivity index (χ4v) is 3.62. The number of benzene rings is 1. The maximum absolute atomic E-state index is 12.3. The number of hydrogen-bond acceptors (Lipinski definition) is 2. The fraction of sp³-hybridized carbons (Fsp3) is 0.409. The lowest BCUT2D eigenvalue weighted by Crippen LogP contribution is -2.13. The molecule has 1 aromatic heterocycles. The summed E-state index contributed by atoms with van der Waals surface area (Å²) in [7, 11) is 1.66. The highest BCUT2D eigenvalue weighted by Gasteiger charge is 2.24. The minimum Gasteiger partial charge on any atom is -0.496 e. The average Bonchev–Trinajstić information content (AvgIpc) is 2.88. The zero-order chi connectivity index (χ0) is 19.3. The summed E-state index contributed by atoms with van der Waals surface area (Å²) in [6.07, 6.45) is 6.17. The van der Waals surface area contributed by atoms with Crippen molar-refractivity contribution >= 4 is 5.91 Å². The Hall–Kier alpha value is -2.49. The zero-order valence-corrected chi connectivity index (χ0v) is 16.4. The maximum atomic E-state index is 12.3. The summed E-state index contributed by atoms with van der Waals surface area (Å²) < 4.78 is 7.56. The van der Waals surface area contributed by atoms with Crippen LogP contribution in [0.25, 0.3) is 11.1 Å². The van der Waals surface area contributed by atoms with Crippen molar-refractivity contribution in [2.24, 2.45) is 5.73 Å². The summed E-state index contributed by atoms with van der Waals surface area (Å²) in [6.45, 7) is 10.7.